The molecule has 0 aromatic carbocycles. The first-order chi connectivity index (χ1) is 6.11. The summed E-state index contributed by atoms with van der Waals surface area (Å²) in [7, 11) is 0. The van der Waals surface area contributed by atoms with E-state index < -0.39 is 0 Å². The van der Waals surface area contributed by atoms with Crippen LogP contribution in [-0.2, 0) is 0 Å². The van der Waals surface area contributed by atoms with Gasteiger partial charge in [-0.3, -0.25) is 0 Å². The highest BCUT2D eigenvalue weighted by molar-refractivity contribution is 6.29. The molecule has 13 heavy (non-hydrogen) atoms. The molecule has 0 aliphatic rings. The summed E-state index contributed by atoms with van der Waals surface area (Å²) in [5, 5.41) is 11.8. The van der Waals surface area contributed by atoms with Crippen molar-refractivity contribution in [3.63, 3.8) is 0 Å². The standard InChI is InChI=1S/C8H14ClN3O/c1-2-3-12-8(11)6(5-13)4-7(9)10/h2,4,12-13H,1,3,5,10-11H2/b7-4-,8-6-. The molecule has 0 aromatic rings. The zero-order valence-corrected chi connectivity index (χ0v) is 8.01. The maximum Gasteiger partial charge on any atom is 0.102 e. The largest absolute Gasteiger partial charge is 0.392 e. The lowest BCUT2D eigenvalue weighted by Crippen LogP contribution is -2.23. The molecule has 0 saturated heterocycles. The van der Waals surface area contributed by atoms with E-state index in [9.17, 15) is 0 Å². The van der Waals surface area contributed by atoms with Gasteiger partial charge in [-0.15, -0.1) is 6.58 Å². The van der Waals surface area contributed by atoms with Crippen molar-refractivity contribution in [1.82, 2.24) is 5.32 Å². The SMILES string of the molecule is C=CCN/C(N)=C(/C=C(\N)Cl)CO. The Morgan fingerprint density at radius 1 is 1.54 bits per heavy atom. The molecular weight excluding hydrogens is 190 g/mol. The molecule has 0 aliphatic heterocycles. The van der Waals surface area contributed by atoms with E-state index in [2.05, 4.69) is 11.9 Å². The highest BCUT2D eigenvalue weighted by Crippen LogP contribution is 2.02. The molecule has 74 valence electrons. The van der Waals surface area contributed by atoms with Crippen LogP contribution >= 0.6 is 11.6 Å². The molecule has 0 saturated carbocycles. The zero-order chi connectivity index (χ0) is 10.3. The number of halogens is 1. The predicted octanol–water partition coefficient (Wildman–Crippen LogP) is -0.0365. The molecule has 0 heterocycles. The van der Waals surface area contributed by atoms with Crippen molar-refractivity contribution in [3.05, 3.63) is 35.3 Å². The van der Waals surface area contributed by atoms with Crippen LogP contribution in [0.4, 0.5) is 0 Å². The van der Waals surface area contributed by atoms with Crippen molar-refractivity contribution in [1.29, 1.82) is 0 Å². The number of aliphatic hydroxyl groups is 1. The third kappa shape index (κ3) is 5.16. The van der Waals surface area contributed by atoms with Gasteiger partial charge < -0.3 is 21.9 Å². The summed E-state index contributed by atoms with van der Waals surface area (Å²) in [5.74, 6) is 0.339. The van der Waals surface area contributed by atoms with Crippen LogP contribution < -0.4 is 16.8 Å². The van der Waals surface area contributed by atoms with Crippen LogP contribution in [0.3, 0.4) is 0 Å². The van der Waals surface area contributed by atoms with E-state index in [0.717, 1.165) is 0 Å². The predicted molar refractivity (Wildman–Crippen MR) is 54.6 cm³/mol. The molecule has 0 fully saturated rings. The Hall–Kier alpha value is -1.13. The molecule has 0 atom stereocenters. The minimum absolute atomic E-state index is 0.0763. The average molecular weight is 204 g/mol. The Morgan fingerprint density at radius 3 is 2.54 bits per heavy atom. The Morgan fingerprint density at radius 2 is 2.15 bits per heavy atom. The highest BCUT2D eigenvalue weighted by Gasteiger charge is 1.98. The molecule has 0 unspecified atom stereocenters. The van der Waals surface area contributed by atoms with Crippen LogP contribution in [0, 0.1) is 0 Å². The number of nitrogens with one attached hydrogen (secondary N) is 1. The molecule has 0 aliphatic carbocycles. The minimum Gasteiger partial charge on any atom is -0.392 e. The van der Waals surface area contributed by atoms with Gasteiger partial charge in [0.25, 0.3) is 0 Å². The van der Waals surface area contributed by atoms with Crippen LogP contribution in [0.25, 0.3) is 0 Å². The van der Waals surface area contributed by atoms with E-state index >= 15 is 0 Å². The summed E-state index contributed by atoms with van der Waals surface area (Å²) in [6.45, 7) is 3.81. The number of aliphatic hydroxyl groups excluding tert-OH is 1. The maximum absolute atomic E-state index is 8.88. The zero-order valence-electron chi connectivity index (χ0n) is 7.26. The normalized spacial score (nSPS) is 13.5. The van der Waals surface area contributed by atoms with E-state index in [1.54, 1.807) is 6.08 Å². The molecule has 5 heteroatoms. The second-order valence-corrected chi connectivity index (χ2v) is 2.73. The van der Waals surface area contributed by atoms with Crippen molar-refractivity contribution >= 4 is 11.6 Å². The summed E-state index contributed by atoms with van der Waals surface area (Å²) in [6.07, 6.45) is 3.04. The van der Waals surface area contributed by atoms with Crippen LogP contribution in [0.2, 0.25) is 0 Å². The third-order valence-corrected chi connectivity index (χ3v) is 1.37. The smallest absolute Gasteiger partial charge is 0.102 e. The van der Waals surface area contributed by atoms with Crippen molar-refractivity contribution in [3.8, 4) is 0 Å². The van der Waals surface area contributed by atoms with Gasteiger partial charge in [-0.05, 0) is 6.08 Å². The van der Waals surface area contributed by atoms with Gasteiger partial charge in [-0.2, -0.15) is 0 Å². The molecule has 0 rings (SSSR count). The minimum atomic E-state index is -0.219. The van der Waals surface area contributed by atoms with Gasteiger partial charge >= 0.3 is 0 Å². The van der Waals surface area contributed by atoms with Crippen molar-refractivity contribution in [2.24, 2.45) is 11.5 Å². The van der Waals surface area contributed by atoms with E-state index in [1.165, 1.54) is 6.08 Å². The average Bonchev–Trinajstić information content (AvgIpc) is 2.09. The first kappa shape index (κ1) is 11.9. The molecule has 0 aromatic heterocycles. The van der Waals surface area contributed by atoms with Gasteiger partial charge in [0.05, 0.1) is 11.8 Å². The number of rotatable bonds is 5. The van der Waals surface area contributed by atoms with E-state index in [-0.39, 0.29) is 11.8 Å². The number of nitrogens with two attached hydrogens (primary N) is 2. The first-order valence-electron chi connectivity index (χ1n) is 3.68. The lowest BCUT2D eigenvalue weighted by molar-refractivity contribution is 0.332. The van der Waals surface area contributed by atoms with Crippen molar-refractivity contribution < 1.29 is 5.11 Å². The molecule has 0 bridgehead atoms. The van der Waals surface area contributed by atoms with E-state index in [1.807, 2.05) is 0 Å². The van der Waals surface area contributed by atoms with Gasteiger partial charge in [0.15, 0.2) is 0 Å². The van der Waals surface area contributed by atoms with Gasteiger partial charge in [0.1, 0.15) is 5.82 Å². The topological polar surface area (TPSA) is 84.3 Å². The summed E-state index contributed by atoms with van der Waals surface area (Å²) in [4.78, 5) is 0. The third-order valence-electron chi connectivity index (χ3n) is 1.27. The van der Waals surface area contributed by atoms with Gasteiger partial charge in [-0.1, -0.05) is 17.7 Å². The molecule has 0 amide bonds. The molecule has 4 nitrogen and oxygen atoms in total. The van der Waals surface area contributed by atoms with Crippen molar-refractivity contribution in [2.75, 3.05) is 13.2 Å². The van der Waals surface area contributed by atoms with E-state index in [4.69, 9.17) is 28.2 Å². The first-order valence-corrected chi connectivity index (χ1v) is 4.06. The lowest BCUT2D eigenvalue weighted by atomic mass is 10.2. The van der Waals surface area contributed by atoms with Crippen LogP contribution in [0.5, 0.6) is 0 Å². The molecule has 0 spiro atoms. The summed E-state index contributed by atoms with van der Waals surface area (Å²) in [5.41, 5.74) is 11.2. The van der Waals surface area contributed by atoms with E-state index in [0.29, 0.717) is 17.9 Å². The van der Waals surface area contributed by atoms with Gasteiger partial charge in [0.2, 0.25) is 0 Å². The second kappa shape index (κ2) is 6.39. The highest BCUT2D eigenvalue weighted by atomic mass is 35.5. The summed E-state index contributed by atoms with van der Waals surface area (Å²) < 4.78 is 0. The van der Waals surface area contributed by atoms with Gasteiger partial charge in [0, 0.05) is 12.1 Å². The monoisotopic (exact) mass is 203 g/mol. The Kier molecular flexibility index (Phi) is 5.84. The second-order valence-electron chi connectivity index (χ2n) is 2.30. The fourth-order valence-electron chi connectivity index (χ4n) is 0.671. The fraction of sp³-hybridized carbons (Fsp3) is 0.250. The summed E-state index contributed by atoms with van der Waals surface area (Å²) >= 11 is 5.42. The Balaban J connectivity index is 4.48. The number of hydrogen-bond acceptors (Lipinski definition) is 4. The maximum atomic E-state index is 8.88. The fourth-order valence-corrected chi connectivity index (χ4v) is 0.802. The molecule has 0 radical (unpaired) electrons. The van der Waals surface area contributed by atoms with Crippen LogP contribution in [0.1, 0.15) is 0 Å². The summed E-state index contributed by atoms with van der Waals surface area (Å²) in [6, 6.07) is 0. The number of hydrogen-bond donors (Lipinski definition) is 4. The molecule has 6 N–H and O–H groups in total. The van der Waals surface area contributed by atoms with Crippen molar-refractivity contribution in [2.45, 2.75) is 0 Å². The lowest BCUT2D eigenvalue weighted by Gasteiger charge is -2.07. The molecular formula is C8H14ClN3O. The quantitative estimate of drug-likeness (QED) is 0.287. The Bertz CT molecular complexity index is 232. The van der Waals surface area contributed by atoms with Crippen LogP contribution in [0.15, 0.2) is 35.3 Å². The van der Waals surface area contributed by atoms with Gasteiger partial charge in [-0.25, -0.2) is 0 Å². The van der Waals surface area contributed by atoms with Crippen LogP contribution in [-0.4, -0.2) is 18.3 Å². The Labute approximate surface area is 82.6 Å².